The fraction of sp³-hybridized carbons (Fsp3) is 0.240. The van der Waals surface area contributed by atoms with Gasteiger partial charge in [-0.05, 0) is 56.3 Å². The van der Waals surface area contributed by atoms with E-state index in [1.165, 1.54) is 18.2 Å². The highest BCUT2D eigenvalue weighted by atomic mass is 32.2. The van der Waals surface area contributed by atoms with Crippen LogP contribution < -0.4 is 5.32 Å². The topological polar surface area (TPSA) is 126 Å². The number of amides is 1. The number of nitrogens with one attached hydrogen (secondary N) is 1. The Hall–Kier alpha value is -4.04. The molecule has 2 heterocycles. The number of phenolic OH excluding ortho intramolecular Hbond substituents is 1. The quantitative estimate of drug-likeness (QED) is 0.302. The van der Waals surface area contributed by atoms with Crippen molar-refractivity contribution in [3.63, 3.8) is 0 Å². The van der Waals surface area contributed by atoms with Crippen LogP contribution in [0.5, 0.6) is 5.75 Å². The van der Waals surface area contributed by atoms with Gasteiger partial charge in [0, 0.05) is 23.1 Å². The number of halogens is 4. The number of benzene rings is 2. The Morgan fingerprint density at radius 2 is 1.85 bits per heavy atom. The van der Waals surface area contributed by atoms with Crippen LogP contribution in [0.4, 0.5) is 17.6 Å². The maximum atomic E-state index is 13.5. The smallest absolute Gasteiger partial charge is 0.416 e. The number of fused-ring (bicyclic) bond motifs is 1. The summed E-state index contributed by atoms with van der Waals surface area (Å²) in [5.74, 6) is -1.87. The second-order valence-corrected chi connectivity index (χ2v) is 10.6. The summed E-state index contributed by atoms with van der Waals surface area (Å²) >= 11 is 0. The van der Waals surface area contributed by atoms with Crippen LogP contribution in [0.1, 0.15) is 25.1 Å². The molecule has 4 rings (SSSR count). The number of aromatic hydroxyl groups is 1. The third-order valence-electron chi connectivity index (χ3n) is 5.69. The molecule has 14 heteroatoms. The molecular weight excluding hydrogens is 544 g/mol. The second-order valence-electron chi connectivity index (χ2n) is 8.79. The van der Waals surface area contributed by atoms with Crippen LogP contribution in [0, 0.1) is 5.82 Å². The molecule has 0 fully saturated rings. The molecule has 0 saturated carbocycles. The number of rotatable bonds is 8. The SMILES string of the molecule is CC(C)N(CC(=O)NCc1cc(-c2ccc(C(F)(F)F)cc2O)ncn1)S(=O)(=O)c1cc2cc(F)ccc2o1. The van der Waals surface area contributed by atoms with E-state index in [-0.39, 0.29) is 34.5 Å². The van der Waals surface area contributed by atoms with E-state index in [0.717, 1.165) is 34.9 Å². The van der Waals surface area contributed by atoms with Crippen molar-refractivity contribution in [3.8, 4) is 17.0 Å². The molecule has 2 N–H and O–H groups in total. The van der Waals surface area contributed by atoms with Gasteiger partial charge >= 0.3 is 6.18 Å². The van der Waals surface area contributed by atoms with Gasteiger partial charge in [0.2, 0.25) is 11.0 Å². The fourth-order valence-electron chi connectivity index (χ4n) is 3.73. The molecule has 0 spiro atoms. The van der Waals surface area contributed by atoms with E-state index in [2.05, 4.69) is 15.3 Å². The van der Waals surface area contributed by atoms with Gasteiger partial charge in [0.05, 0.1) is 30.0 Å². The minimum Gasteiger partial charge on any atom is -0.507 e. The number of aromatic nitrogens is 2. The molecule has 2 aromatic heterocycles. The van der Waals surface area contributed by atoms with Crippen LogP contribution in [0.15, 0.2) is 64.4 Å². The van der Waals surface area contributed by atoms with Crippen LogP contribution in [-0.2, 0) is 27.5 Å². The Balaban J connectivity index is 1.47. The normalized spacial score (nSPS) is 12.4. The van der Waals surface area contributed by atoms with E-state index in [1.807, 2.05) is 0 Å². The summed E-state index contributed by atoms with van der Waals surface area (Å²) in [5.41, 5.74) is -0.452. The zero-order chi connectivity index (χ0) is 28.5. The van der Waals surface area contributed by atoms with Gasteiger partial charge in [-0.25, -0.2) is 22.8 Å². The predicted octanol–water partition coefficient (Wildman–Crippen LogP) is 4.47. The molecule has 0 aliphatic carbocycles. The number of phenols is 1. The van der Waals surface area contributed by atoms with Crippen LogP contribution in [0.2, 0.25) is 0 Å². The second kappa shape index (κ2) is 10.6. The van der Waals surface area contributed by atoms with Crippen molar-refractivity contribution in [2.45, 2.75) is 37.7 Å². The maximum Gasteiger partial charge on any atom is 0.416 e. The van der Waals surface area contributed by atoms with Crippen molar-refractivity contribution in [2.24, 2.45) is 0 Å². The highest BCUT2D eigenvalue weighted by molar-refractivity contribution is 7.89. The number of carbonyl (C=O) groups is 1. The molecule has 0 aliphatic rings. The number of hydrogen-bond donors (Lipinski definition) is 2. The number of furan rings is 1. The first-order valence-corrected chi connectivity index (χ1v) is 12.9. The minimum absolute atomic E-state index is 0.0285. The summed E-state index contributed by atoms with van der Waals surface area (Å²) in [7, 11) is -4.26. The number of sulfonamides is 1. The summed E-state index contributed by atoms with van der Waals surface area (Å²) in [6.45, 7) is 2.41. The van der Waals surface area contributed by atoms with Crippen molar-refractivity contribution < 1.29 is 40.3 Å². The van der Waals surface area contributed by atoms with Crippen LogP contribution in [0.25, 0.3) is 22.2 Å². The van der Waals surface area contributed by atoms with E-state index in [9.17, 15) is 35.9 Å². The highest BCUT2D eigenvalue weighted by Gasteiger charge is 2.33. The first-order valence-electron chi connectivity index (χ1n) is 11.4. The van der Waals surface area contributed by atoms with E-state index in [4.69, 9.17) is 4.42 Å². The zero-order valence-electron chi connectivity index (χ0n) is 20.5. The molecule has 2 aromatic carbocycles. The van der Waals surface area contributed by atoms with E-state index < -0.39 is 56.9 Å². The third-order valence-corrected chi connectivity index (χ3v) is 7.56. The molecule has 39 heavy (non-hydrogen) atoms. The molecule has 0 aliphatic heterocycles. The molecule has 206 valence electrons. The lowest BCUT2D eigenvalue weighted by atomic mass is 10.1. The first kappa shape index (κ1) is 28.0. The molecule has 4 aromatic rings. The summed E-state index contributed by atoms with van der Waals surface area (Å²) in [6, 6.07) is 7.93. The average molecular weight is 567 g/mol. The molecular formula is C25H22F4N4O5S. The lowest BCUT2D eigenvalue weighted by Gasteiger charge is -2.24. The van der Waals surface area contributed by atoms with Gasteiger partial charge in [0.15, 0.2) is 0 Å². The Labute approximate surface area is 220 Å². The highest BCUT2D eigenvalue weighted by Crippen LogP contribution is 2.36. The van der Waals surface area contributed by atoms with E-state index in [0.29, 0.717) is 6.07 Å². The predicted molar refractivity (Wildman–Crippen MR) is 131 cm³/mol. The van der Waals surface area contributed by atoms with Crippen molar-refractivity contribution in [1.29, 1.82) is 0 Å². The Morgan fingerprint density at radius 3 is 2.51 bits per heavy atom. The van der Waals surface area contributed by atoms with Gasteiger partial charge in [0.1, 0.15) is 23.5 Å². The van der Waals surface area contributed by atoms with Gasteiger partial charge < -0.3 is 14.8 Å². The Kier molecular flexibility index (Phi) is 7.61. The van der Waals surface area contributed by atoms with Crippen LogP contribution >= 0.6 is 0 Å². The average Bonchev–Trinajstić information content (AvgIpc) is 3.29. The molecule has 0 saturated heterocycles. The fourth-order valence-corrected chi connectivity index (χ4v) is 5.27. The van der Waals surface area contributed by atoms with Crippen LogP contribution in [0.3, 0.4) is 0 Å². The molecule has 0 bridgehead atoms. The van der Waals surface area contributed by atoms with Crippen LogP contribution in [-0.4, -0.2) is 46.3 Å². The lowest BCUT2D eigenvalue weighted by molar-refractivity contribution is -0.137. The number of alkyl halides is 3. The monoisotopic (exact) mass is 566 g/mol. The third kappa shape index (κ3) is 6.17. The maximum absolute atomic E-state index is 13.5. The van der Waals surface area contributed by atoms with Gasteiger partial charge in [-0.3, -0.25) is 4.79 Å². The van der Waals surface area contributed by atoms with Crippen molar-refractivity contribution in [3.05, 3.63) is 71.9 Å². The molecule has 0 atom stereocenters. The van der Waals surface area contributed by atoms with Crippen molar-refractivity contribution in [2.75, 3.05) is 6.54 Å². The summed E-state index contributed by atoms with van der Waals surface area (Å²) in [4.78, 5) is 20.6. The van der Waals surface area contributed by atoms with E-state index in [1.54, 1.807) is 13.8 Å². The Bertz CT molecular complexity index is 1640. The summed E-state index contributed by atoms with van der Waals surface area (Å²) in [6.07, 6.45) is -3.51. The Morgan fingerprint density at radius 1 is 1.10 bits per heavy atom. The standard InChI is InChI=1S/C25H22F4N4O5S/c1-14(2)33(39(36,37)24-8-15-7-17(26)4-6-22(15)38-24)12-23(35)30-11-18-10-20(32-13-31-18)19-5-3-16(9-21(19)34)25(27,28)29/h3-10,13-14,34H,11-12H2,1-2H3,(H,30,35). The number of hydrogen-bond acceptors (Lipinski definition) is 7. The first-order chi connectivity index (χ1) is 18.3. The summed E-state index contributed by atoms with van der Waals surface area (Å²) in [5, 5.41) is 12.4. The van der Waals surface area contributed by atoms with Crippen molar-refractivity contribution in [1.82, 2.24) is 19.6 Å². The number of nitrogens with zero attached hydrogens (tertiary/aromatic N) is 3. The lowest BCUT2D eigenvalue weighted by Crippen LogP contribution is -2.44. The van der Waals surface area contributed by atoms with Gasteiger partial charge in [-0.15, -0.1) is 0 Å². The molecule has 0 radical (unpaired) electrons. The molecule has 1 amide bonds. The number of carbonyl (C=O) groups excluding carboxylic acids is 1. The van der Waals surface area contributed by atoms with Crippen molar-refractivity contribution >= 4 is 26.9 Å². The van der Waals surface area contributed by atoms with Gasteiger partial charge in [-0.2, -0.15) is 17.5 Å². The van der Waals surface area contributed by atoms with Gasteiger partial charge in [-0.1, -0.05) is 0 Å². The largest absolute Gasteiger partial charge is 0.507 e. The minimum atomic E-state index is -4.63. The zero-order valence-corrected chi connectivity index (χ0v) is 21.3. The van der Waals surface area contributed by atoms with Gasteiger partial charge in [0.25, 0.3) is 10.0 Å². The van der Waals surface area contributed by atoms with E-state index >= 15 is 0 Å². The molecule has 0 unspecified atom stereocenters. The molecule has 9 nitrogen and oxygen atoms in total. The summed E-state index contributed by atoms with van der Waals surface area (Å²) < 4.78 is 84.9.